The highest BCUT2D eigenvalue weighted by molar-refractivity contribution is 9.10. The lowest BCUT2D eigenvalue weighted by molar-refractivity contribution is 0.0688. The van der Waals surface area contributed by atoms with Crippen LogP contribution in [0.25, 0.3) is 5.69 Å². The van der Waals surface area contributed by atoms with Crippen molar-refractivity contribution < 1.29 is 9.90 Å². The van der Waals surface area contributed by atoms with E-state index in [-0.39, 0.29) is 5.69 Å². The molecule has 0 amide bonds. The predicted molar refractivity (Wildman–Crippen MR) is 70.2 cm³/mol. The van der Waals surface area contributed by atoms with Crippen LogP contribution in [0.2, 0.25) is 5.02 Å². The Morgan fingerprint density at radius 2 is 2.18 bits per heavy atom. The van der Waals surface area contributed by atoms with Crippen molar-refractivity contribution in [3.05, 3.63) is 51.2 Å². The fraction of sp³-hybridized carbons (Fsp3) is 0.0833. The van der Waals surface area contributed by atoms with E-state index >= 15 is 0 Å². The molecule has 0 aliphatic heterocycles. The van der Waals surface area contributed by atoms with Crippen LogP contribution in [0.4, 0.5) is 0 Å². The number of carboxylic acids is 1. The van der Waals surface area contributed by atoms with Gasteiger partial charge in [-0.1, -0.05) is 33.6 Å². The van der Waals surface area contributed by atoms with Crippen LogP contribution >= 0.6 is 27.5 Å². The molecule has 0 aliphatic rings. The maximum absolute atomic E-state index is 11.1. The first-order valence-corrected chi connectivity index (χ1v) is 6.04. The predicted octanol–water partition coefficient (Wildman–Crippen LogP) is 3.90. The number of hydrogen-bond donors (Lipinski definition) is 1. The summed E-state index contributed by atoms with van der Waals surface area (Å²) in [5, 5.41) is 9.51. The highest BCUT2D eigenvalue weighted by Gasteiger charge is 2.14. The monoisotopic (exact) mass is 313 g/mol. The third kappa shape index (κ3) is 2.23. The second-order valence-corrected chi connectivity index (χ2v) is 4.89. The number of hydrogen-bond acceptors (Lipinski definition) is 1. The van der Waals surface area contributed by atoms with E-state index in [4.69, 9.17) is 16.7 Å². The molecular formula is C12H9BrClNO2. The molecule has 3 nitrogen and oxygen atoms in total. The molecule has 5 heteroatoms. The number of aromatic carboxylic acids is 1. The largest absolute Gasteiger partial charge is 0.477 e. The molecule has 0 spiro atoms. The molecule has 0 radical (unpaired) electrons. The van der Waals surface area contributed by atoms with E-state index in [1.165, 1.54) is 6.07 Å². The highest BCUT2D eigenvalue weighted by atomic mass is 79.9. The molecule has 1 N–H and O–H groups in total. The van der Waals surface area contributed by atoms with Crippen LogP contribution in [0.15, 0.2) is 34.9 Å². The van der Waals surface area contributed by atoms with Crippen molar-refractivity contribution in [2.45, 2.75) is 6.92 Å². The number of carboxylic acid groups (broad SMARTS) is 1. The van der Waals surface area contributed by atoms with Crippen LogP contribution in [0.1, 0.15) is 16.1 Å². The minimum absolute atomic E-state index is 0.149. The average molecular weight is 315 g/mol. The summed E-state index contributed by atoms with van der Waals surface area (Å²) in [4.78, 5) is 11.1. The first kappa shape index (κ1) is 12.2. The maximum atomic E-state index is 11.1. The standard InChI is InChI=1S/C12H9BrClNO2/c1-7-9(13)3-2-4-10(7)15-6-8(14)5-11(15)12(16)17/h2-6H,1H3,(H,16,17). The summed E-state index contributed by atoms with van der Waals surface area (Å²) < 4.78 is 2.50. The van der Waals surface area contributed by atoms with Crippen LogP contribution in [0.5, 0.6) is 0 Å². The van der Waals surface area contributed by atoms with Crippen LogP contribution in [0.3, 0.4) is 0 Å². The molecule has 0 fully saturated rings. The van der Waals surface area contributed by atoms with Gasteiger partial charge in [0.05, 0.1) is 5.02 Å². The number of aromatic nitrogens is 1. The Kier molecular flexibility index (Phi) is 3.26. The summed E-state index contributed by atoms with van der Waals surface area (Å²) in [5.41, 5.74) is 1.90. The normalized spacial score (nSPS) is 10.5. The number of rotatable bonds is 2. The zero-order valence-electron chi connectivity index (χ0n) is 8.95. The SMILES string of the molecule is Cc1c(Br)cccc1-n1cc(Cl)cc1C(=O)O. The van der Waals surface area contributed by atoms with Crippen molar-refractivity contribution in [2.75, 3.05) is 0 Å². The minimum atomic E-state index is -1.00. The molecular weight excluding hydrogens is 305 g/mol. The first-order chi connectivity index (χ1) is 8.00. The summed E-state index contributed by atoms with van der Waals surface area (Å²) >= 11 is 9.27. The van der Waals surface area contributed by atoms with Crippen molar-refractivity contribution in [2.24, 2.45) is 0 Å². The molecule has 1 aromatic heterocycles. The van der Waals surface area contributed by atoms with Crippen molar-refractivity contribution in [1.82, 2.24) is 4.57 Å². The minimum Gasteiger partial charge on any atom is -0.477 e. The summed E-state index contributed by atoms with van der Waals surface area (Å²) in [5.74, 6) is -1.00. The molecule has 1 aromatic carbocycles. The van der Waals surface area contributed by atoms with Crippen molar-refractivity contribution in [1.29, 1.82) is 0 Å². The Hall–Kier alpha value is -1.26. The fourth-order valence-electron chi connectivity index (χ4n) is 1.65. The van der Waals surface area contributed by atoms with E-state index in [2.05, 4.69) is 15.9 Å². The highest BCUT2D eigenvalue weighted by Crippen LogP contribution is 2.26. The molecule has 0 unspecified atom stereocenters. The maximum Gasteiger partial charge on any atom is 0.352 e. The third-order valence-corrected chi connectivity index (χ3v) is 3.57. The van der Waals surface area contributed by atoms with Gasteiger partial charge in [0.25, 0.3) is 0 Å². The van der Waals surface area contributed by atoms with Gasteiger partial charge in [0, 0.05) is 16.4 Å². The number of carbonyl (C=O) groups is 1. The smallest absolute Gasteiger partial charge is 0.352 e. The van der Waals surface area contributed by atoms with Gasteiger partial charge in [0.2, 0.25) is 0 Å². The van der Waals surface area contributed by atoms with E-state index in [0.717, 1.165) is 15.7 Å². The molecule has 1 heterocycles. The molecule has 0 atom stereocenters. The lowest BCUT2D eigenvalue weighted by Crippen LogP contribution is -2.06. The Bertz CT molecular complexity index is 592. The third-order valence-electron chi connectivity index (χ3n) is 2.50. The molecule has 88 valence electrons. The molecule has 2 aromatic rings. The quantitative estimate of drug-likeness (QED) is 0.913. The van der Waals surface area contributed by atoms with Crippen LogP contribution in [-0.4, -0.2) is 15.6 Å². The first-order valence-electron chi connectivity index (χ1n) is 4.87. The van der Waals surface area contributed by atoms with E-state index in [9.17, 15) is 4.79 Å². The number of halogens is 2. The molecule has 2 rings (SSSR count). The van der Waals surface area contributed by atoms with Gasteiger partial charge in [-0.15, -0.1) is 0 Å². The summed E-state index contributed by atoms with van der Waals surface area (Å²) in [7, 11) is 0. The fourth-order valence-corrected chi connectivity index (χ4v) is 2.21. The van der Waals surface area contributed by atoms with E-state index in [0.29, 0.717) is 5.02 Å². The second-order valence-electron chi connectivity index (χ2n) is 3.60. The van der Waals surface area contributed by atoms with E-state index < -0.39 is 5.97 Å². The van der Waals surface area contributed by atoms with Gasteiger partial charge in [0.1, 0.15) is 5.69 Å². The van der Waals surface area contributed by atoms with Gasteiger partial charge in [-0.05, 0) is 30.7 Å². The number of benzene rings is 1. The van der Waals surface area contributed by atoms with Crippen molar-refractivity contribution in [3.63, 3.8) is 0 Å². The molecule has 0 saturated heterocycles. The zero-order valence-corrected chi connectivity index (χ0v) is 11.3. The van der Waals surface area contributed by atoms with Crippen molar-refractivity contribution >= 4 is 33.5 Å². The molecule has 0 aliphatic carbocycles. The van der Waals surface area contributed by atoms with Gasteiger partial charge >= 0.3 is 5.97 Å². The molecule has 0 saturated carbocycles. The Balaban J connectivity index is 2.68. The topological polar surface area (TPSA) is 42.2 Å². The lowest BCUT2D eigenvalue weighted by Gasteiger charge is -2.10. The van der Waals surface area contributed by atoms with E-state index in [1.54, 1.807) is 10.8 Å². The van der Waals surface area contributed by atoms with Gasteiger partial charge < -0.3 is 9.67 Å². The molecule has 17 heavy (non-hydrogen) atoms. The Labute approximate surface area is 112 Å². The van der Waals surface area contributed by atoms with Crippen LogP contribution in [0, 0.1) is 6.92 Å². The van der Waals surface area contributed by atoms with Gasteiger partial charge in [-0.3, -0.25) is 0 Å². The van der Waals surface area contributed by atoms with Gasteiger partial charge in [-0.2, -0.15) is 0 Å². The zero-order chi connectivity index (χ0) is 12.6. The van der Waals surface area contributed by atoms with Crippen LogP contribution < -0.4 is 0 Å². The second kappa shape index (κ2) is 4.55. The van der Waals surface area contributed by atoms with Crippen LogP contribution in [-0.2, 0) is 0 Å². The molecule has 0 bridgehead atoms. The average Bonchev–Trinajstić information content (AvgIpc) is 2.64. The van der Waals surface area contributed by atoms with Gasteiger partial charge in [0.15, 0.2) is 0 Å². The Morgan fingerprint density at radius 1 is 1.47 bits per heavy atom. The lowest BCUT2D eigenvalue weighted by atomic mass is 10.2. The summed E-state index contributed by atoms with van der Waals surface area (Å²) in [6.45, 7) is 1.92. The van der Waals surface area contributed by atoms with Crippen molar-refractivity contribution in [3.8, 4) is 5.69 Å². The van der Waals surface area contributed by atoms with Gasteiger partial charge in [-0.25, -0.2) is 4.79 Å². The summed E-state index contributed by atoms with van der Waals surface area (Å²) in [6.07, 6.45) is 1.60. The Morgan fingerprint density at radius 3 is 2.82 bits per heavy atom. The summed E-state index contributed by atoms with van der Waals surface area (Å²) in [6, 6.07) is 7.05. The number of nitrogens with zero attached hydrogens (tertiary/aromatic N) is 1. The van der Waals surface area contributed by atoms with E-state index in [1.807, 2.05) is 25.1 Å².